The van der Waals surface area contributed by atoms with Gasteiger partial charge in [0.1, 0.15) is 0 Å². The van der Waals surface area contributed by atoms with Gasteiger partial charge in [-0.25, -0.2) is 10.2 Å². The van der Waals surface area contributed by atoms with Crippen molar-refractivity contribution in [3.05, 3.63) is 0 Å². The average Bonchev–Trinajstić information content (AvgIpc) is 2.30. The summed E-state index contributed by atoms with van der Waals surface area (Å²) in [7, 11) is 0. The van der Waals surface area contributed by atoms with E-state index in [0.717, 1.165) is 18.6 Å². The van der Waals surface area contributed by atoms with Crippen LogP contribution in [0.25, 0.3) is 0 Å². The summed E-state index contributed by atoms with van der Waals surface area (Å²) in [5, 5.41) is 3.95. The van der Waals surface area contributed by atoms with Crippen LogP contribution in [-0.2, 0) is 0 Å². The number of hydrazone groups is 1. The Morgan fingerprint density at radius 3 is 2.75 bits per heavy atom. The Balaban J connectivity index is 2.52. The zero-order valence-electron chi connectivity index (χ0n) is 7.50. The standard InChI is InChI=1S/C8H15N3O/c1-5-3-4-7(6(5)2)10-11-8(9)12/h5-6H,3-4H2,1-2H3,(H3,9,11,12)/b10-7+/t5-,6?/m1/s1. The highest BCUT2D eigenvalue weighted by molar-refractivity contribution is 5.89. The summed E-state index contributed by atoms with van der Waals surface area (Å²) in [4.78, 5) is 10.3. The average molecular weight is 169 g/mol. The summed E-state index contributed by atoms with van der Waals surface area (Å²) in [5.41, 5.74) is 8.22. The van der Waals surface area contributed by atoms with Crippen molar-refractivity contribution in [1.29, 1.82) is 0 Å². The lowest BCUT2D eigenvalue weighted by Crippen LogP contribution is -2.26. The topological polar surface area (TPSA) is 67.5 Å². The highest BCUT2D eigenvalue weighted by atomic mass is 16.2. The van der Waals surface area contributed by atoms with Crippen LogP contribution in [0.2, 0.25) is 0 Å². The van der Waals surface area contributed by atoms with Gasteiger partial charge in [0.15, 0.2) is 0 Å². The van der Waals surface area contributed by atoms with E-state index in [2.05, 4.69) is 24.4 Å². The first-order chi connectivity index (χ1) is 5.61. The molecular formula is C8H15N3O. The maximum atomic E-state index is 10.3. The predicted octanol–water partition coefficient (Wildman–Crippen LogP) is 1.08. The van der Waals surface area contributed by atoms with E-state index >= 15 is 0 Å². The SMILES string of the molecule is CC1/C(=N/NC(N)=O)CC[C@H]1C. The van der Waals surface area contributed by atoms with Gasteiger partial charge in [-0.1, -0.05) is 13.8 Å². The molecular weight excluding hydrogens is 154 g/mol. The molecule has 1 aliphatic carbocycles. The van der Waals surface area contributed by atoms with Crippen molar-refractivity contribution in [3.8, 4) is 0 Å². The second kappa shape index (κ2) is 3.56. The molecule has 1 unspecified atom stereocenters. The molecule has 0 aliphatic heterocycles. The number of carbonyl (C=O) groups excluding carboxylic acids is 1. The summed E-state index contributed by atoms with van der Waals surface area (Å²) in [6, 6.07) is -0.589. The lowest BCUT2D eigenvalue weighted by atomic mass is 10.00. The van der Waals surface area contributed by atoms with Crippen molar-refractivity contribution < 1.29 is 4.79 Å². The minimum Gasteiger partial charge on any atom is -0.350 e. The van der Waals surface area contributed by atoms with E-state index in [9.17, 15) is 4.79 Å². The van der Waals surface area contributed by atoms with Crippen LogP contribution < -0.4 is 11.2 Å². The van der Waals surface area contributed by atoms with Crippen molar-refractivity contribution in [2.24, 2.45) is 22.7 Å². The van der Waals surface area contributed by atoms with Crippen molar-refractivity contribution >= 4 is 11.7 Å². The predicted molar refractivity (Wildman–Crippen MR) is 47.7 cm³/mol. The Bertz CT molecular complexity index is 212. The van der Waals surface area contributed by atoms with E-state index in [1.807, 2.05) is 0 Å². The van der Waals surface area contributed by atoms with Crippen LogP contribution >= 0.6 is 0 Å². The van der Waals surface area contributed by atoms with Gasteiger partial charge in [-0.05, 0) is 24.7 Å². The van der Waals surface area contributed by atoms with Crippen LogP contribution in [-0.4, -0.2) is 11.7 Å². The van der Waals surface area contributed by atoms with Crippen LogP contribution in [0.5, 0.6) is 0 Å². The molecule has 4 nitrogen and oxygen atoms in total. The van der Waals surface area contributed by atoms with Crippen LogP contribution in [0.3, 0.4) is 0 Å². The number of nitrogens with zero attached hydrogens (tertiary/aromatic N) is 1. The Morgan fingerprint density at radius 2 is 2.33 bits per heavy atom. The number of carbonyl (C=O) groups is 1. The second-order valence-corrected chi connectivity index (χ2v) is 3.38. The number of hydrogen-bond donors (Lipinski definition) is 2. The number of hydrogen-bond acceptors (Lipinski definition) is 2. The minimum absolute atomic E-state index is 0.469. The highest BCUT2D eigenvalue weighted by Crippen LogP contribution is 2.28. The molecule has 12 heavy (non-hydrogen) atoms. The summed E-state index contributed by atoms with van der Waals surface area (Å²) < 4.78 is 0. The van der Waals surface area contributed by atoms with Crippen LogP contribution in [0.1, 0.15) is 26.7 Å². The molecule has 1 saturated carbocycles. The van der Waals surface area contributed by atoms with Gasteiger partial charge in [0, 0.05) is 5.71 Å². The third-order valence-corrected chi connectivity index (χ3v) is 2.54. The monoisotopic (exact) mass is 169 g/mol. The molecule has 0 aromatic rings. The summed E-state index contributed by atoms with van der Waals surface area (Å²) >= 11 is 0. The Labute approximate surface area is 72.2 Å². The van der Waals surface area contributed by atoms with Crippen LogP contribution in [0.4, 0.5) is 4.79 Å². The first-order valence-electron chi connectivity index (χ1n) is 4.23. The minimum atomic E-state index is -0.589. The first kappa shape index (κ1) is 9.03. The third kappa shape index (κ3) is 1.96. The molecule has 1 fully saturated rings. The molecule has 68 valence electrons. The number of rotatable bonds is 1. The molecule has 4 heteroatoms. The number of urea groups is 1. The normalized spacial score (nSPS) is 32.3. The number of primary amides is 1. The van der Waals surface area contributed by atoms with Gasteiger partial charge in [0.05, 0.1) is 0 Å². The largest absolute Gasteiger partial charge is 0.350 e. The van der Waals surface area contributed by atoms with Gasteiger partial charge in [-0.3, -0.25) is 0 Å². The molecule has 0 aromatic carbocycles. The van der Waals surface area contributed by atoms with Gasteiger partial charge in [-0.2, -0.15) is 5.10 Å². The Morgan fingerprint density at radius 1 is 1.67 bits per heavy atom. The van der Waals surface area contributed by atoms with Crippen molar-refractivity contribution in [2.45, 2.75) is 26.7 Å². The molecule has 2 atom stereocenters. The van der Waals surface area contributed by atoms with Crippen molar-refractivity contribution in [3.63, 3.8) is 0 Å². The van der Waals surface area contributed by atoms with E-state index in [4.69, 9.17) is 5.73 Å². The van der Waals surface area contributed by atoms with Crippen molar-refractivity contribution in [2.75, 3.05) is 0 Å². The molecule has 3 N–H and O–H groups in total. The Hall–Kier alpha value is -1.06. The molecule has 1 aliphatic rings. The summed E-state index contributed by atoms with van der Waals surface area (Å²) in [5.74, 6) is 1.13. The molecule has 1 rings (SSSR count). The maximum Gasteiger partial charge on any atom is 0.332 e. The van der Waals surface area contributed by atoms with Crippen molar-refractivity contribution in [1.82, 2.24) is 5.43 Å². The van der Waals surface area contributed by atoms with Gasteiger partial charge in [0.2, 0.25) is 0 Å². The fourth-order valence-corrected chi connectivity index (χ4v) is 1.47. The maximum absolute atomic E-state index is 10.3. The van der Waals surface area contributed by atoms with E-state index in [0.29, 0.717) is 11.8 Å². The van der Waals surface area contributed by atoms with Crippen LogP contribution in [0.15, 0.2) is 5.10 Å². The lowest BCUT2D eigenvalue weighted by molar-refractivity contribution is 0.249. The molecule has 2 amide bonds. The fraction of sp³-hybridized carbons (Fsp3) is 0.750. The second-order valence-electron chi connectivity index (χ2n) is 3.38. The molecule has 0 radical (unpaired) electrons. The fourth-order valence-electron chi connectivity index (χ4n) is 1.47. The molecule has 0 aromatic heterocycles. The van der Waals surface area contributed by atoms with Gasteiger partial charge >= 0.3 is 6.03 Å². The lowest BCUT2D eigenvalue weighted by Gasteiger charge is -2.08. The van der Waals surface area contributed by atoms with Gasteiger partial charge < -0.3 is 5.73 Å². The van der Waals surface area contributed by atoms with Gasteiger partial charge in [-0.15, -0.1) is 0 Å². The zero-order valence-corrected chi connectivity index (χ0v) is 7.50. The quantitative estimate of drug-likeness (QED) is 0.566. The van der Waals surface area contributed by atoms with E-state index in [1.165, 1.54) is 0 Å². The third-order valence-electron chi connectivity index (χ3n) is 2.54. The molecule has 0 heterocycles. The smallest absolute Gasteiger partial charge is 0.332 e. The van der Waals surface area contributed by atoms with Crippen LogP contribution in [0, 0.1) is 11.8 Å². The number of nitrogens with one attached hydrogen (secondary N) is 1. The zero-order chi connectivity index (χ0) is 9.14. The summed E-state index contributed by atoms with van der Waals surface area (Å²) in [6.07, 6.45) is 2.13. The molecule has 0 spiro atoms. The molecule has 0 saturated heterocycles. The highest BCUT2D eigenvalue weighted by Gasteiger charge is 2.25. The van der Waals surface area contributed by atoms with Gasteiger partial charge in [0.25, 0.3) is 0 Å². The summed E-state index contributed by atoms with van der Waals surface area (Å²) in [6.45, 7) is 4.32. The number of nitrogens with two attached hydrogens (primary N) is 1. The molecule has 0 bridgehead atoms. The number of amides is 2. The first-order valence-corrected chi connectivity index (χ1v) is 4.23. The van der Waals surface area contributed by atoms with E-state index < -0.39 is 6.03 Å². The van der Waals surface area contributed by atoms with E-state index in [1.54, 1.807) is 0 Å². The Kier molecular flexibility index (Phi) is 2.68. The van der Waals surface area contributed by atoms with E-state index in [-0.39, 0.29) is 0 Å².